The first-order valence-corrected chi connectivity index (χ1v) is 10.6. The average Bonchev–Trinajstić information content (AvgIpc) is 3.18. The molecule has 2 fully saturated rings. The molecule has 140 valence electrons. The van der Waals surface area contributed by atoms with Crippen LogP contribution in [0.3, 0.4) is 0 Å². The number of amides is 1. The summed E-state index contributed by atoms with van der Waals surface area (Å²) < 4.78 is 1.45. The van der Waals surface area contributed by atoms with Crippen LogP contribution in [-0.2, 0) is 0 Å². The fraction of sp³-hybridized carbons (Fsp3) is 0.632. The highest BCUT2D eigenvalue weighted by Gasteiger charge is 2.38. The highest BCUT2D eigenvalue weighted by Crippen LogP contribution is 2.35. The number of thiazole rings is 1. The van der Waals surface area contributed by atoms with Crippen LogP contribution in [0.4, 0.5) is 0 Å². The SMILES string of the molecule is O=C(NCC1(N2CCCCC2)CCCCC1)c1cnc2sccn2c1=O. The fourth-order valence-electron chi connectivity index (χ4n) is 4.50. The Morgan fingerprint density at radius 2 is 1.88 bits per heavy atom. The molecule has 6 nitrogen and oxygen atoms in total. The molecule has 2 aliphatic rings. The van der Waals surface area contributed by atoms with Gasteiger partial charge < -0.3 is 5.32 Å². The van der Waals surface area contributed by atoms with Gasteiger partial charge in [-0.2, -0.15) is 0 Å². The van der Waals surface area contributed by atoms with Crippen LogP contribution in [0.15, 0.2) is 22.6 Å². The number of aromatic nitrogens is 2. The lowest BCUT2D eigenvalue weighted by Crippen LogP contribution is -2.58. The molecule has 1 N–H and O–H groups in total. The molecule has 26 heavy (non-hydrogen) atoms. The van der Waals surface area contributed by atoms with Crippen molar-refractivity contribution < 1.29 is 4.79 Å². The summed E-state index contributed by atoms with van der Waals surface area (Å²) in [5, 5.41) is 4.88. The molecule has 2 aromatic heterocycles. The van der Waals surface area contributed by atoms with Crippen LogP contribution in [0.2, 0.25) is 0 Å². The maximum absolute atomic E-state index is 12.7. The summed E-state index contributed by atoms with van der Waals surface area (Å²) in [5.74, 6) is -0.301. The van der Waals surface area contributed by atoms with Gasteiger partial charge in [-0.15, -0.1) is 11.3 Å². The van der Waals surface area contributed by atoms with Gasteiger partial charge in [0.15, 0.2) is 4.96 Å². The zero-order chi connectivity index (χ0) is 18.0. The van der Waals surface area contributed by atoms with E-state index in [1.807, 2.05) is 0 Å². The number of hydrogen-bond donors (Lipinski definition) is 1. The molecule has 0 aromatic carbocycles. The molecule has 1 amide bonds. The third-order valence-electron chi connectivity index (χ3n) is 5.98. The van der Waals surface area contributed by atoms with Crippen molar-refractivity contribution >= 4 is 22.2 Å². The maximum Gasteiger partial charge on any atom is 0.271 e. The van der Waals surface area contributed by atoms with Gasteiger partial charge in [-0.25, -0.2) is 4.98 Å². The van der Waals surface area contributed by atoms with Crippen molar-refractivity contribution in [3.8, 4) is 0 Å². The Balaban J connectivity index is 1.52. The van der Waals surface area contributed by atoms with E-state index in [0.717, 1.165) is 25.9 Å². The third-order valence-corrected chi connectivity index (χ3v) is 6.75. The lowest BCUT2D eigenvalue weighted by Gasteiger charge is -2.48. The van der Waals surface area contributed by atoms with E-state index in [-0.39, 0.29) is 22.6 Å². The number of rotatable bonds is 4. The van der Waals surface area contributed by atoms with Crippen molar-refractivity contribution in [2.24, 2.45) is 0 Å². The van der Waals surface area contributed by atoms with E-state index in [1.165, 1.54) is 60.5 Å². The fourth-order valence-corrected chi connectivity index (χ4v) is 5.18. The molecule has 0 spiro atoms. The van der Waals surface area contributed by atoms with Crippen molar-refractivity contribution in [1.82, 2.24) is 19.6 Å². The van der Waals surface area contributed by atoms with Crippen molar-refractivity contribution in [2.75, 3.05) is 19.6 Å². The minimum atomic E-state index is -0.301. The van der Waals surface area contributed by atoms with E-state index in [2.05, 4.69) is 15.2 Å². The summed E-state index contributed by atoms with van der Waals surface area (Å²) in [6.45, 7) is 2.87. The van der Waals surface area contributed by atoms with Gasteiger partial charge in [0, 0.05) is 29.9 Å². The quantitative estimate of drug-likeness (QED) is 0.893. The minimum absolute atomic E-state index is 0.0600. The number of nitrogens with zero attached hydrogens (tertiary/aromatic N) is 3. The number of carbonyl (C=O) groups excluding carboxylic acids is 1. The first kappa shape index (κ1) is 17.7. The molecule has 1 aliphatic heterocycles. The maximum atomic E-state index is 12.7. The molecule has 1 aliphatic carbocycles. The van der Waals surface area contributed by atoms with Crippen molar-refractivity contribution in [1.29, 1.82) is 0 Å². The Bertz CT molecular complexity index is 831. The van der Waals surface area contributed by atoms with Crippen LogP contribution in [0.1, 0.15) is 61.7 Å². The minimum Gasteiger partial charge on any atom is -0.350 e. The molecule has 3 heterocycles. The van der Waals surface area contributed by atoms with Crippen LogP contribution in [0, 0.1) is 0 Å². The molecular formula is C19H26N4O2S. The second-order valence-corrected chi connectivity index (χ2v) is 8.42. The van der Waals surface area contributed by atoms with Crippen LogP contribution in [0.5, 0.6) is 0 Å². The van der Waals surface area contributed by atoms with Gasteiger partial charge in [0.1, 0.15) is 5.56 Å². The van der Waals surface area contributed by atoms with E-state index in [9.17, 15) is 9.59 Å². The van der Waals surface area contributed by atoms with Crippen LogP contribution in [-0.4, -0.2) is 45.4 Å². The zero-order valence-corrected chi connectivity index (χ0v) is 15.9. The second-order valence-electron chi connectivity index (χ2n) is 7.55. The predicted molar refractivity (Wildman–Crippen MR) is 103 cm³/mol. The van der Waals surface area contributed by atoms with Gasteiger partial charge in [-0.1, -0.05) is 25.7 Å². The van der Waals surface area contributed by atoms with E-state index < -0.39 is 0 Å². The van der Waals surface area contributed by atoms with Crippen LogP contribution >= 0.6 is 11.3 Å². The lowest BCUT2D eigenvalue weighted by molar-refractivity contribution is 0.0326. The Morgan fingerprint density at radius 1 is 1.15 bits per heavy atom. The van der Waals surface area contributed by atoms with E-state index in [0.29, 0.717) is 11.5 Å². The summed E-state index contributed by atoms with van der Waals surface area (Å²) in [4.78, 5) is 32.7. The zero-order valence-electron chi connectivity index (χ0n) is 15.1. The van der Waals surface area contributed by atoms with Crippen molar-refractivity contribution in [2.45, 2.75) is 56.9 Å². The normalized spacial score (nSPS) is 20.9. The highest BCUT2D eigenvalue weighted by molar-refractivity contribution is 7.15. The number of likely N-dealkylation sites (tertiary alicyclic amines) is 1. The van der Waals surface area contributed by atoms with Crippen LogP contribution in [0.25, 0.3) is 4.96 Å². The van der Waals surface area contributed by atoms with Gasteiger partial charge >= 0.3 is 0 Å². The first-order valence-electron chi connectivity index (χ1n) is 9.68. The van der Waals surface area contributed by atoms with Crippen LogP contribution < -0.4 is 10.9 Å². The summed E-state index contributed by atoms with van der Waals surface area (Å²) in [5.41, 5.74) is -0.0975. The predicted octanol–water partition coefficient (Wildman–Crippen LogP) is 2.67. The van der Waals surface area contributed by atoms with E-state index in [1.54, 1.807) is 11.6 Å². The molecule has 0 radical (unpaired) electrons. The van der Waals surface area contributed by atoms with Gasteiger partial charge in [-0.05, 0) is 38.8 Å². The van der Waals surface area contributed by atoms with Gasteiger partial charge in [0.2, 0.25) is 0 Å². The van der Waals surface area contributed by atoms with Gasteiger partial charge in [0.25, 0.3) is 11.5 Å². The largest absolute Gasteiger partial charge is 0.350 e. The van der Waals surface area contributed by atoms with Crippen molar-refractivity contribution in [3.63, 3.8) is 0 Å². The first-order chi connectivity index (χ1) is 12.7. The Morgan fingerprint density at radius 3 is 2.65 bits per heavy atom. The highest BCUT2D eigenvalue weighted by atomic mass is 32.1. The molecule has 7 heteroatoms. The molecule has 1 saturated heterocycles. The Hall–Kier alpha value is -1.73. The molecule has 1 saturated carbocycles. The Labute approximate surface area is 157 Å². The smallest absolute Gasteiger partial charge is 0.271 e. The number of fused-ring (bicyclic) bond motifs is 1. The summed E-state index contributed by atoms with van der Waals surface area (Å²) in [6.07, 6.45) is 12.9. The summed E-state index contributed by atoms with van der Waals surface area (Å²) >= 11 is 1.39. The summed E-state index contributed by atoms with van der Waals surface area (Å²) in [7, 11) is 0. The molecule has 0 atom stereocenters. The van der Waals surface area contributed by atoms with Crippen molar-refractivity contribution in [3.05, 3.63) is 33.7 Å². The summed E-state index contributed by atoms with van der Waals surface area (Å²) in [6, 6.07) is 0. The van der Waals surface area contributed by atoms with Gasteiger partial charge in [0.05, 0.1) is 0 Å². The molecule has 0 unspecified atom stereocenters. The number of nitrogens with one attached hydrogen (secondary N) is 1. The molecule has 4 rings (SSSR count). The number of hydrogen-bond acceptors (Lipinski definition) is 5. The molecule has 0 bridgehead atoms. The lowest BCUT2D eigenvalue weighted by atomic mass is 9.79. The monoisotopic (exact) mass is 374 g/mol. The molecule has 2 aromatic rings. The molecular weight excluding hydrogens is 348 g/mol. The third kappa shape index (κ3) is 3.30. The number of piperidine rings is 1. The second kappa shape index (κ2) is 7.48. The van der Waals surface area contributed by atoms with Gasteiger partial charge in [-0.3, -0.25) is 18.9 Å². The van der Waals surface area contributed by atoms with E-state index >= 15 is 0 Å². The number of carbonyl (C=O) groups is 1. The standard InChI is InChI=1S/C19H26N4O2S/c24-16(15-13-20-18-23(17(15)25)11-12-26-18)21-14-19(7-3-1-4-8-19)22-9-5-2-6-10-22/h11-13H,1-10,14H2,(H,21,24). The van der Waals surface area contributed by atoms with E-state index in [4.69, 9.17) is 0 Å². The Kier molecular flexibility index (Phi) is 5.09. The average molecular weight is 375 g/mol. The topological polar surface area (TPSA) is 66.7 Å².